The lowest BCUT2D eigenvalue weighted by atomic mass is 9.74. The van der Waals surface area contributed by atoms with Crippen LogP contribution in [0.2, 0.25) is 0 Å². The Morgan fingerprint density at radius 3 is 2.48 bits per heavy atom. The highest BCUT2D eigenvalue weighted by Crippen LogP contribution is 2.36. The maximum Gasteiger partial charge on any atom is 0.336 e. The van der Waals surface area contributed by atoms with Crippen molar-refractivity contribution in [1.29, 1.82) is 0 Å². The van der Waals surface area contributed by atoms with Gasteiger partial charge in [0.25, 0.3) is 0 Å². The molecule has 2 atom stereocenters. The molecular formula is C15H16N2O4. The molecular weight excluding hydrogens is 272 g/mol. The summed E-state index contributed by atoms with van der Waals surface area (Å²) in [6, 6.07) is 3.89. The van der Waals surface area contributed by atoms with Crippen LogP contribution >= 0.6 is 0 Å². The van der Waals surface area contributed by atoms with E-state index in [0.29, 0.717) is 11.3 Å². The number of carbonyl (C=O) groups is 2. The molecule has 0 aliphatic heterocycles. The van der Waals surface area contributed by atoms with Crippen LogP contribution < -0.4 is 11.5 Å². The molecule has 110 valence electrons. The summed E-state index contributed by atoms with van der Waals surface area (Å²) in [5.74, 6) is -2.73. The van der Waals surface area contributed by atoms with Crippen molar-refractivity contribution in [3.8, 4) is 0 Å². The summed E-state index contributed by atoms with van der Waals surface area (Å²) in [4.78, 5) is 22.4. The zero-order valence-electron chi connectivity index (χ0n) is 11.4. The predicted octanol–water partition coefficient (Wildman–Crippen LogP) is 1.29. The molecule has 0 fully saturated rings. The van der Waals surface area contributed by atoms with Gasteiger partial charge in [0.05, 0.1) is 16.7 Å². The van der Waals surface area contributed by atoms with E-state index in [1.54, 1.807) is 25.2 Å². The first-order valence-electron chi connectivity index (χ1n) is 6.32. The molecule has 0 amide bonds. The minimum Gasteiger partial charge on any atom is -0.478 e. The van der Waals surface area contributed by atoms with Gasteiger partial charge in [0, 0.05) is 11.6 Å². The van der Waals surface area contributed by atoms with E-state index in [4.69, 9.17) is 16.6 Å². The van der Waals surface area contributed by atoms with Crippen LogP contribution in [0.4, 0.5) is 0 Å². The second kappa shape index (κ2) is 5.06. The van der Waals surface area contributed by atoms with Crippen LogP contribution in [0.1, 0.15) is 33.2 Å². The Kier molecular flexibility index (Phi) is 3.57. The third kappa shape index (κ3) is 2.41. The fourth-order valence-corrected chi connectivity index (χ4v) is 2.44. The van der Waals surface area contributed by atoms with Gasteiger partial charge in [0.2, 0.25) is 0 Å². The van der Waals surface area contributed by atoms with Gasteiger partial charge in [-0.15, -0.1) is 0 Å². The fraction of sp³-hybridized carbons (Fsp3) is 0.200. The van der Waals surface area contributed by atoms with E-state index in [-0.39, 0.29) is 17.0 Å². The second-order valence-corrected chi connectivity index (χ2v) is 5.05. The molecule has 6 nitrogen and oxygen atoms in total. The van der Waals surface area contributed by atoms with E-state index in [1.807, 2.05) is 0 Å². The largest absolute Gasteiger partial charge is 0.478 e. The zero-order chi connectivity index (χ0) is 15.8. The van der Waals surface area contributed by atoms with Gasteiger partial charge in [0.15, 0.2) is 0 Å². The number of nitrogens with two attached hydrogens (primary N) is 2. The number of benzene rings is 1. The molecule has 0 spiro atoms. The highest BCUT2D eigenvalue weighted by Gasteiger charge is 2.37. The normalized spacial score (nSPS) is 24.5. The molecule has 6 N–H and O–H groups in total. The van der Waals surface area contributed by atoms with E-state index in [0.717, 1.165) is 6.07 Å². The van der Waals surface area contributed by atoms with E-state index < -0.39 is 17.5 Å². The maximum atomic E-state index is 11.5. The third-order valence-electron chi connectivity index (χ3n) is 3.84. The highest BCUT2D eigenvalue weighted by atomic mass is 16.4. The number of hydrogen-bond acceptors (Lipinski definition) is 4. The van der Waals surface area contributed by atoms with Crippen LogP contribution in [0.15, 0.2) is 42.1 Å². The monoisotopic (exact) mass is 288 g/mol. The fourth-order valence-electron chi connectivity index (χ4n) is 2.44. The molecule has 1 aliphatic rings. The summed E-state index contributed by atoms with van der Waals surface area (Å²) in [5.41, 5.74) is 11.8. The number of hydrogen-bond donors (Lipinski definition) is 4. The predicted molar refractivity (Wildman–Crippen MR) is 76.8 cm³/mol. The smallest absolute Gasteiger partial charge is 0.336 e. The van der Waals surface area contributed by atoms with Gasteiger partial charge in [-0.2, -0.15) is 0 Å². The summed E-state index contributed by atoms with van der Waals surface area (Å²) in [5, 5.41) is 18.3. The molecule has 2 unspecified atom stereocenters. The molecule has 0 heterocycles. The topological polar surface area (TPSA) is 127 Å². The van der Waals surface area contributed by atoms with Crippen molar-refractivity contribution in [3.63, 3.8) is 0 Å². The standard InChI is InChI=1S/C15H16N2O4/c1-8-12(16)3-2-6-15(8,17)11-5-4-9(13(18)19)7-10(11)14(20)21/h2-8H,16-17H2,1H3,(H,18,19)(H,20,21). The summed E-state index contributed by atoms with van der Waals surface area (Å²) in [6.07, 6.45) is 5.06. The first-order chi connectivity index (χ1) is 9.77. The molecule has 0 saturated carbocycles. The Balaban J connectivity index is 2.64. The van der Waals surface area contributed by atoms with Gasteiger partial charge in [-0.25, -0.2) is 9.59 Å². The number of rotatable bonds is 3. The van der Waals surface area contributed by atoms with Crippen LogP contribution in [-0.4, -0.2) is 22.2 Å². The van der Waals surface area contributed by atoms with Crippen LogP contribution in [0, 0.1) is 5.92 Å². The Hall–Kier alpha value is -2.60. The molecule has 6 heteroatoms. The molecule has 1 aliphatic carbocycles. The maximum absolute atomic E-state index is 11.5. The minimum absolute atomic E-state index is 0.101. The van der Waals surface area contributed by atoms with Crippen LogP contribution in [0.3, 0.4) is 0 Å². The zero-order valence-corrected chi connectivity index (χ0v) is 11.4. The number of allylic oxidation sites excluding steroid dienone is 2. The number of carboxylic acids is 2. The molecule has 0 radical (unpaired) electrons. The number of aromatic carboxylic acids is 2. The summed E-state index contributed by atoms with van der Waals surface area (Å²) >= 11 is 0. The Bertz CT molecular complexity index is 678. The van der Waals surface area contributed by atoms with Crippen molar-refractivity contribution < 1.29 is 19.8 Å². The van der Waals surface area contributed by atoms with Crippen LogP contribution in [-0.2, 0) is 5.54 Å². The highest BCUT2D eigenvalue weighted by molar-refractivity contribution is 5.95. The van der Waals surface area contributed by atoms with Crippen LogP contribution in [0.25, 0.3) is 0 Å². The van der Waals surface area contributed by atoms with Crippen molar-refractivity contribution in [2.75, 3.05) is 0 Å². The van der Waals surface area contributed by atoms with Gasteiger partial charge < -0.3 is 21.7 Å². The van der Waals surface area contributed by atoms with E-state index in [1.165, 1.54) is 12.1 Å². The Morgan fingerprint density at radius 2 is 1.90 bits per heavy atom. The molecule has 21 heavy (non-hydrogen) atoms. The second-order valence-electron chi connectivity index (χ2n) is 5.05. The Morgan fingerprint density at radius 1 is 1.24 bits per heavy atom. The first-order valence-corrected chi connectivity index (χ1v) is 6.32. The van der Waals surface area contributed by atoms with Crippen molar-refractivity contribution >= 4 is 11.9 Å². The quantitative estimate of drug-likeness (QED) is 0.663. The SMILES string of the molecule is CC1C(N)=CC=CC1(N)c1ccc(C(=O)O)cc1C(=O)O. The van der Waals surface area contributed by atoms with Gasteiger partial charge in [-0.1, -0.05) is 25.1 Å². The minimum atomic E-state index is -1.23. The summed E-state index contributed by atoms with van der Waals surface area (Å²) < 4.78 is 0. The lowest BCUT2D eigenvalue weighted by Crippen LogP contribution is -2.45. The summed E-state index contributed by atoms with van der Waals surface area (Å²) in [7, 11) is 0. The molecule has 0 bridgehead atoms. The van der Waals surface area contributed by atoms with Gasteiger partial charge in [-0.05, 0) is 23.8 Å². The lowest BCUT2D eigenvalue weighted by molar-refractivity contribution is 0.0693. The van der Waals surface area contributed by atoms with Gasteiger partial charge >= 0.3 is 11.9 Å². The average molecular weight is 288 g/mol. The van der Waals surface area contributed by atoms with E-state index in [2.05, 4.69) is 0 Å². The first kappa shape index (κ1) is 14.8. The van der Waals surface area contributed by atoms with Crippen molar-refractivity contribution in [1.82, 2.24) is 0 Å². The molecule has 0 saturated heterocycles. The summed E-state index contributed by atoms with van der Waals surface area (Å²) in [6.45, 7) is 1.80. The van der Waals surface area contributed by atoms with Crippen molar-refractivity contribution in [3.05, 3.63) is 58.8 Å². The third-order valence-corrected chi connectivity index (χ3v) is 3.84. The van der Waals surface area contributed by atoms with E-state index in [9.17, 15) is 14.7 Å². The Labute approximate surface area is 121 Å². The number of carboxylic acid groups (broad SMARTS) is 2. The lowest BCUT2D eigenvalue weighted by Gasteiger charge is -2.36. The molecule has 2 rings (SSSR count). The molecule has 1 aromatic rings. The van der Waals surface area contributed by atoms with Gasteiger partial charge in [0.1, 0.15) is 0 Å². The van der Waals surface area contributed by atoms with Crippen LogP contribution in [0.5, 0.6) is 0 Å². The average Bonchev–Trinajstić information content (AvgIpc) is 2.44. The molecule has 1 aromatic carbocycles. The van der Waals surface area contributed by atoms with Crippen molar-refractivity contribution in [2.24, 2.45) is 17.4 Å². The van der Waals surface area contributed by atoms with Gasteiger partial charge in [-0.3, -0.25) is 0 Å². The van der Waals surface area contributed by atoms with E-state index >= 15 is 0 Å². The van der Waals surface area contributed by atoms with Crippen molar-refractivity contribution in [2.45, 2.75) is 12.5 Å². The molecule has 0 aromatic heterocycles.